The topological polar surface area (TPSA) is 139 Å². The molecule has 0 fully saturated rings. The first-order valence-corrected chi connectivity index (χ1v) is 5.25. The van der Waals surface area contributed by atoms with E-state index in [0.29, 0.717) is 13.3 Å². The Morgan fingerprint density at radius 2 is 2.17 bits per heavy atom. The Morgan fingerprint density at radius 1 is 1.44 bits per heavy atom. The lowest BCUT2D eigenvalue weighted by molar-refractivity contribution is -0.0979. The van der Waals surface area contributed by atoms with E-state index in [9.17, 15) is 0 Å². The van der Waals surface area contributed by atoms with Crippen molar-refractivity contribution in [2.24, 2.45) is 5.11 Å². The van der Waals surface area contributed by atoms with Gasteiger partial charge >= 0.3 is 0 Å². The molecule has 1 aromatic heterocycles. The maximum absolute atomic E-state index is 8.00. The van der Waals surface area contributed by atoms with Crippen molar-refractivity contribution in [3.05, 3.63) is 0 Å². The molecule has 0 radical (unpaired) electrons. The molecule has 0 bridgehead atoms. The quantitative estimate of drug-likeness (QED) is 0.376. The minimum absolute atomic E-state index is 0.0245. The predicted molar refractivity (Wildman–Crippen MR) is 65.5 cm³/mol. The van der Waals surface area contributed by atoms with Gasteiger partial charge in [-0.2, -0.15) is 15.0 Å². The lowest BCUT2D eigenvalue weighted by Crippen LogP contribution is -2.11. The van der Waals surface area contributed by atoms with Crippen molar-refractivity contribution in [2.45, 2.75) is 19.8 Å². The average molecular weight is 255 g/mol. The summed E-state index contributed by atoms with van der Waals surface area (Å²) in [5.74, 6) is 0.260. The predicted octanol–water partition coefficient (Wildman–Crippen LogP) is 1.12. The fourth-order valence-electron chi connectivity index (χ4n) is 0.944. The second-order valence-corrected chi connectivity index (χ2v) is 3.01. The minimum atomic E-state index is -0.0245. The molecule has 0 unspecified atom stereocenters. The van der Waals surface area contributed by atoms with E-state index in [-0.39, 0.29) is 17.8 Å². The van der Waals surface area contributed by atoms with Crippen LogP contribution in [0.4, 0.5) is 17.8 Å². The van der Waals surface area contributed by atoms with Crippen LogP contribution in [0.25, 0.3) is 0 Å². The van der Waals surface area contributed by atoms with E-state index in [1.807, 2.05) is 6.79 Å². The van der Waals surface area contributed by atoms with Gasteiger partial charge in [0.2, 0.25) is 11.9 Å². The number of nitrogens with two attached hydrogens (primary N) is 1. The molecular formula is C9H17N7O2. The van der Waals surface area contributed by atoms with Crippen LogP contribution in [-0.2, 0) is 9.53 Å². The smallest absolute Gasteiger partial charge is 0.274 e. The zero-order valence-electron chi connectivity index (χ0n) is 10.2. The minimum Gasteiger partial charge on any atom is -0.368 e. The van der Waals surface area contributed by atoms with Crippen LogP contribution in [0.15, 0.2) is 5.11 Å². The Bertz CT molecular complexity index is 361. The molecule has 100 valence electrons. The number of ether oxygens (including phenoxy) is 1. The molecule has 0 aromatic carbocycles. The molecule has 0 saturated carbocycles. The number of nitrogens with one attached hydrogen (secondary N) is 2. The molecule has 1 aromatic rings. The molecule has 0 aliphatic carbocycles. The second-order valence-electron chi connectivity index (χ2n) is 3.01. The van der Waals surface area contributed by atoms with Crippen LogP contribution in [0.1, 0.15) is 19.8 Å². The molecule has 0 aliphatic heterocycles. The molecule has 4 N–H and O–H groups in total. The maximum Gasteiger partial charge on any atom is 0.274 e. The van der Waals surface area contributed by atoms with Crippen LogP contribution in [0.2, 0.25) is 0 Å². The number of hydrogen-bond donors (Lipinski definition) is 3. The zero-order valence-corrected chi connectivity index (χ0v) is 10.2. The number of hydrogen-bond acceptors (Lipinski definition) is 9. The Hall–Kier alpha value is -2.16. The summed E-state index contributed by atoms with van der Waals surface area (Å²) in [7, 11) is 0. The molecule has 1 rings (SSSR count). The number of carbonyl (C=O) groups excluding carboxylic acids is 1. The van der Waals surface area contributed by atoms with Crippen LogP contribution >= 0.6 is 0 Å². The third kappa shape index (κ3) is 6.43. The van der Waals surface area contributed by atoms with Gasteiger partial charge in [-0.05, 0) is 6.42 Å². The first-order chi connectivity index (χ1) is 8.76. The Balaban J connectivity index is 0.00000137. The SMILES string of the molecule is C=O.CCCCOCNc1nc(N)nc(N=N)n1. The summed E-state index contributed by atoms with van der Waals surface area (Å²) in [6.45, 7) is 5.06. The van der Waals surface area contributed by atoms with Crippen LogP contribution < -0.4 is 11.1 Å². The monoisotopic (exact) mass is 255 g/mol. The third-order valence-electron chi connectivity index (χ3n) is 1.72. The van der Waals surface area contributed by atoms with Crippen molar-refractivity contribution >= 4 is 24.6 Å². The van der Waals surface area contributed by atoms with Gasteiger partial charge in [0, 0.05) is 6.61 Å². The van der Waals surface area contributed by atoms with Gasteiger partial charge < -0.3 is 20.6 Å². The number of nitrogen functional groups attached to an aromatic ring is 1. The van der Waals surface area contributed by atoms with Crippen molar-refractivity contribution in [3.63, 3.8) is 0 Å². The fourth-order valence-corrected chi connectivity index (χ4v) is 0.944. The normalized spacial score (nSPS) is 9.17. The van der Waals surface area contributed by atoms with Gasteiger partial charge in [0.15, 0.2) is 0 Å². The number of carbonyl (C=O) groups is 1. The average Bonchev–Trinajstić information content (AvgIpc) is 2.40. The summed E-state index contributed by atoms with van der Waals surface area (Å²) in [5.41, 5.74) is 12.2. The van der Waals surface area contributed by atoms with Crippen molar-refractivity contribution < 1.29 is 9.53 Å². The fraction of sp³-hybridized carbons (Fsp3) is 0.556. The van der Waals surface area contributed by atoms with Crippen molar-refractivity contribution in [2.75, 3.05) is 24.4 Å². The van der Waals surface area contributed by atoms with Crippen molar-refractivity contribution in [1.29, 1.82) is 5.53 Å². The Labute approximate surface area is 105 Å². The van der Waals surface area contributed by atoms with E-state index < -0.39 is 0 Å². The van der Waals surface area contributed by atoms with Crippen LogP contribution in [0, 0.1) is 5.53 Å². The molecule has 0 saturated heterocycles. The lowest BCUT2D eigenvalue weighted by atomic mass is 10.4. The number of unbranched alkanes of at least 4 members (excludes halogenated alkanes) is 1. The molecule has 0 amide bonds. The standard InChI is InChI=1S/C8H15N7O.CH2O/c1-2-3-4-16-5-11-7-12-6(9)13-8(14-7)15-10;1-2/h10H,2-5H2,1H3,(H3,9,11,12,13,14);1H2. The highest BCUT2D eigenvalue weighted by Crippen LogP contribution is 2.08. The molecule has 9 heteroatoms. The Morgan fingerprint density at radius 3 is 2.78 bits per heavy atom. The second kappa shape index (κ2) is 10.0. The van der Waals surface area contributed by atoms with E-state index in [4.69, 9.17) is 20.8 Å². The van der Waals surface area contributed by atoms with Gasteiger partial charge in [0.25, 0.3) is 5.95 Å². The van der Waals surface area contributed by atoms with Gasteiger partial charge in [-0.15, -0.1) is 5.11 Å². The summed E-state index contributed by atoms with van der Waals surface area (Å²) in [6, 6.07) is 0. The van der Waals surface area contributed by atoms with E-state index in [1.165, 1.54) is 0 Å². The highest BCUT2D eigenvalue weighted by molar-refractivity contribution is 5.35. The van der Waals surface area contributed by atoms with Crippen molar-refractivity contribution in [1.82, 2.24) is 15.0 Å². The number of aromatic nitrogens is 3. The van der Waals surface area contributed by atoms with Gasteiger partial charge in [-0.1, -0.05) is 13.3 Å². The third-order valence-corrected chi connectivity index (χ3v) is 1.72. The molecule has 9 nitrogen and oxygen atoms in total. The largest absolute Gasteiger partial charge is 0.368 e. The summed E-state index contributed by atoms with van der Waals surface area (Å²) in [6.07, 6.45) is 2.09. The Kier molecular flexibility index (Phi) is 8.82. The van der Waals surface area contributed by atoms with E-state index >= 15 is 0 Å². The summed E-state index contributed by atoms with van der Waals surface area (Å²) >= 11 is 0. The van der Waals surface area contributed by atoms with Gasteiger partial charge in [0.1, 0.15) is 13.5 Å². The lowest BCUT2D eigenvalue weighted by Gasteiger charge is -2.05. The van der Waals surface area contributed by atoms with Crippen LogP contribution in [-0.4, -0.2) is 35.1 Å². The maximum atomic E-state index is 8.00. The summed E-state index contributed by atoms with van der Waals surface area (Å²) < 4.78 is 5.26. The van der Waals surface area contributed by atoms with Crippen molar-refractivity contribution in [3.8, 4) is 0 Å². The first kappa shape index (κ1) is 15.8. The van der Waals surface area contributed by atoms with E-state index in [1.54, 1.807) is 0 Å². The van der Waals surface area contributed by atoms with Gasteiger partial charge in [-0.3, -0.25) is 0 Å². The molecule has 0 spiro atoms. The van der Waals surface area contributed by atoms with E-state index in [2.05, 4.69) is 32.3 Å². The van der Waals surface area contributed by atoms with Crippen LogP contribution in [0.3, 0.4) is 0 Å². The number of anilines is 2. The van der Waals surface area contributed by atoms with Gasteiger partial charge in [0.05, 0.1) is 0 Å². The summed E-state index contributed by atoms with van der Waals surface area (Å²) in [5, 5.41) is 5.89. The molecule has 0 atom stereocenters. The highest BCUT2D eigenvalue weighted by atomic mass is 16.5. The molecule has 18 heavy (non-hydrogen) atoms. The first-order valence-electron chi connectivity index (χ1n) is 5.25. The number of nitrogens with zero attached hydrogens (tertiary/aromatic N) is 4. The zero-order chi connectivity index (χ0) is 13.8. The highest BCUT2D eigenvalue weighted by Gasteiger charge is 2.02. The molecular weight excluding hydrogens is 238 g/mol. The van der Waals surface area contributed by atoms with Crippen LogP contribution in [0.5, 0.6) is 0 Å². The van der Waals surface area contributed by atoms with E-state index in [0.717, 1.165) is 12.8 Å². The van der Waals surface area contributed by atoms with Gasteiger partial charge in [-0.25, -0.2) is 5.53 Å². The summed E-state index contributed by atoms with van der Waals surface area (Å²) in [4.78, 5) is 19.3. The molecule has 1 heterocycles. The number of rotatable bonds is 7. The molecule has 0 aliphatic rings.